The molecule has 0 saturated carbocycles. The Balaban J connectivity index is 1.67. The highest BCUT2D eigenvalue weighted by Gasteiger charge is 2.00. The lowest BCUT2D eigenvalue weighted by atomic mass is 10.2. The predicted molar refractivity (Wildman–Crippen MR) is 92.9 cm³/mol. The molecule has 0 aliphatic heterocycles. The maximum Gasteiger partial charge on any atom is 0.168 e. The molecule has 0 aliphatic carbocycles. The number of rotatable bonds is 4. The van der Waals surface area contributed by atoms with Gasteiger partial charge in [0.1, 0.15) is 12.4 Å². The van der Waals surface area contributed by atoms with E-state index in [1.54, 1.807) is 0 Å². The summed E-state index contributed by atoms with van der Waals surface area (Å²) in [6.07, 6.45) is 0. The van der Waals surface area contributed by atoms with Crippen LogP contribution in [0.2, 0.25) is 0 Å². The van der Waals surface area contributed by atoms with E-state index < -0.39 is 0 Å². The van der Waals surface area contributed by atoms with E-state index in [0.717, 1.165) is 28.0 Å². The van der Waals surface area contributed by atoms with Gasteiger partial charge >= 0.3 is 0 Å². The number of nitrogens with one attached hydrogen (secondary N) is 1. The molecule has 0 aliphatic rings. The number of nitrogens with two attached hydrogens (primary N) is 1. The molecule has 0 atom stereocenters. The summed E-state index contributed by atoms with van der Waals surface area (Å²) in [5.74, 6) is 0.767. The Morgan fingerprint density at radius 2 is 1.82 bits per heavy atom. The molecular weight excluding hydrogens is 294 g/mol. The van der Waals surface area contributed by atoms with Gasteiger partial charge in [-0.05, 0) is 48.6 Å². The molecule has 3 rings (SSSR count). The fourth-order valence-corrected chi connectivity index (χ4v) is 2.24. The van der Waals surface area contributed by atoms with Crippen molar-refractivity contribution in [3.05, 3.63) is 66.4 Å². The molecule has 0 saturated heterocycles. The van der Waals surface area contributed by atoms with E-state index in [1.807, 2.05) is 54.6 Å². The minimum atomic E-state index is 0.244. The molecule has 5 heteroatoms. The third kappa shape index (κ3) is 3.51. The van der Waals surface area contributed by atoms with E-state index in [4.69, 9.17) is 22.7 Å². The van der Waals surface area contributed by atoms with Crippen molar-refractivity contribution in [2.24, 2.45) is 5.73 Å². The van der Waals surface area contributed by atoms with Crippen LogP contribution < -0.4 is 15.8 Å². The summed E-state index contributed by atoms with van der Waals surface area (Å²) in [6, 6.07) is 19.5. The lowest BCUT2D eigenvalue weighted by Crippen LogP contribution is -2.18. The lowest BCUT2D eigenvalue weighted by Gasteiger charge is -2.08. The molecule has 0 radical (unpaired) electrons. The Morgan fingerprint density at radius 1 is 1.05 bits per heavy atom. The van der Waals surface area contributed by atoms with Crippen molar-refractivity contribution in [3.63, 3.8) is 0 Å². The van der Waals surface area contributed by atoms with Gasteiger partial charge in [0.2, 0.25) is 0 Å². The second-order valence-electron chi connectivity index (χ2n) is 4.80. The second kappa shape index (κ2) is 6.41. The Bertz CT molecular complexity index is 802. The number of hydrogen-bond acceptors (Lipinski definition) is 3. The highest BCUT2D eigenvalue weighted by molar-refractivity contribution is 7.80. The average Bonchev–Trinajstić information content (AvgIpc) is 2.53. The van der Waals surface area contributed by atoms with Gasteiger partial charge in [-0.15, -0.1) is 0 Å². The van der Waals surface area contributed by atoms with Gasteiger partial charge in [-0.3, -0.25) is 0 Å². The number of fused-ring (bicyclic) bond motifs is 1. The number of nitrogens with zero attached hydrogens (tertiary/aromatic N) is 1. The minimum Gasteiger partial charge on any atom is -0.487 e. The van der Waals surface area contributed by atoms with Crippen LogP contribution in [0.25, 0.3) is 10.9 Å². The Morgan fingerprint density at radius 3 is 2.59 bits per heavy atom. The zero-order chi connectivity index (χ0) is 15.4. The summed E-state index contributed by atoms with van der Waals surface area (Å²) in [5, 5.41) is 4.24. The molecule has 1 aromatic heterocycles. The number of ether oxygens (including phenoxy) is 1. The van der Waals surface area contributed by atoms with E-state index in [1.165, 1.54) is 0 Å². The smallest absolute Gasteiger partial charge is 0.168 e. The van der Waals surface area contributed by atoms with Crippen molar-refractivity contribution in [2.75, 3.05) is 5.32 Å². The third-order valence-corrected chi connectivity index (χ3v) is 3.27. The standard InChI is InChI=1S/C17H15N3OS/c18-17(22)20-13-7-9-15(10-8-13)21-11-14-6-5-12-3-1-2-4-16(12)19-14/h1-10H,11H2,(H3,18,20,22). The monoisotopic (exact) mass is 309 g/mol. The number of thiocarbonyl (C=S) groups is 1. The highest BCUT2D eigenvalue weighted by Crippen LogP contribution is 2.17. The van der Waals surface area contributed by atoms with Crippen molar-refractivity contribution < 1.29 is 4.74 Å². The minimum absolute atomic E-state index is 0.244. The molecule has 0 bridgehead atoms. The fourth-order valence-electron chi connectivity index (χ4n) is 2.12. The normalized spacial score (nSPS) is 10.4. The molecular formula is C17H15N3OS. The summed E-state index contributed by atoms with van der Waals surface area (Å²) < 4.78 is 5.75. The van der Waals surface area contributed by atoms with Crippen molar-refractivity contribution >= 4 is 33.9 Å². The quantitative estimate of drug-likeness (QED) is 0.723. The van der Waals surface area contributed by atoms with E-state index >= 15 is 0 Å². The fraction of sp³-hybridized carbons (Fsp3) is 0.0588. The average molecular weight is 309 g/mol. The van der Waals surface area contributed by atoms with Gasteiger partial charge in [0.25, 0.3) is 0 Å². The van der Waals surface area contributed by atoms with Crippen LogP contribution in [0.5, 0.6) is 5.75 Å². The van der Waals surface area contributed by atoms with Crippen molar-refractivity contribution in [1.29, 1.82) is 0 Å². The van der Waals surface area contributed by atoms with Crippen molar-refractivity contribution in [1.82, 2.24) is 4.98 Å². The van der Waals surface area contributed by atoms with E-state index in [9.17, 15) is 0 Å². The maximum atomic E-state index is 5.75. The van der Waals surface area contributed by atoms with Crippen LogP contribution >= 0.6 is 12.2 Å². The molecule has 2 aromatic carbocycles. The van der Waals surface area contributed by atoms with Gasteiger partial charge in [0, 0.05) is 11.1 Å². The van der Waals surface area contributed by atoms with Crippen LogP contribution in [-0.4, -0.2) is 10.1 Å². The molecule has 0 unspecified atom stereocenters. The van der Waals surface area contributed by atoms with Crippen LogP contribution in [0.15, 0.2) is 60.7 Å². The van der Waals surface area contributed by atoms with Gasteiger partial charge in [0.15, 0.2) is 5.11 Å². The van der Waals surface area contributed by atoms with Crippen LogP contribution in [0.4, 0.5) is 5.69 Å². The molecule has 1 heterocycles. The molecule has 0 fully saturated rings. The first-order chi connectivity index (χ1) is 10.7. The molecule has 3 aromatic rings. The first-order valence-corrected chi connectivity index (χ1v) is 7.25. The number of para-hydroxylation sites is 1. The van der Waals surface area contributed by atoms with Gasteiger partial charge in [-0.2, -0.15) is 0 Å². The van der Waals surface area contributed by atoms with Crippen LogP contribution in [0.3, 0.4) is 0 Å². The van der Waals surface area contributed by atoms with E-state index in [-0.39, 0.29) is 5.11 Å². The molecule has 0 amide bonds. The van der Waals surface area contributed by atoms with Crippen molar-refractivity contribution in [2.45, 2.75) is 6.61 Å². The SMILES string of the molecule is NC(=S)Nc1ccc(OCc2ccc3ccccc3n2)cc1. The Labute approximate surface area is 133 Å². The van der Waals surface area contributed by atoms with Crippen LogP contribution in [-0.2, 0) is 6.61 Å². The topological polar surface area (TPSA) is 60.2 Å². The molecule has 4 nitrogen and oxygen atoms in total. The van der Waals surface area contributed by atoms with E-state index in [2.05, 4.69) is 16.4 Å². The number of anilines is 1. The molecule has 3 N–H and O–H groups in total. The first-order valence-electron chi connectivity index (χ1n) is 6.85. The Hall–Kier alpha value is -2.66. The largest absolute Gasteiger partial charge is 0.487 e. The number of benzene rings is 2. The highest BCUT2D eigenvalue weighted by atomic mass is 32.1. The number of aromatic nitrogens is 1. The van der Waals surface area contributed by atoms with Gasteiger partial charge in [-0.1, -0.05) is 24.3 Å². The van der Waals surface area contributed by atoms with E-state index in [0.29, 0.717) is 6.61 Å². The predicted octanol–water partition coefficient (Wildman–Crippen LogP) is 3.47. The van der Waals surface area contributed by atoms with Gasteiger partial charge in [-0.25, -0.2) is 4.98 Å². The summed E-state index contributed by atoms with van der Waals surface area (Å²) >= 11 is 4.79. The summed E-state index contributed by atoms with van der Waals surface area (Å²) in [7, 11) is 0. The molecule has 110 valence electrons. The Kier molecular flexibility index (Phi) is 4.16. The van der Waals surface area contributed by atoms with Gasteiger partial charge < -0.3 is 15.8 Å². The number of pyridine rings is 1. The maximum absolute atomic E-state index is 5.75. The van der Waals surface area contributed by atoms with Crippen LogP contribution in [0.1, 0.15) is 5.69 Å². The summed E-state index contributed by atoms with van der Waals surface area (Å²) in [6.45, 7) is 0.424. The van der Waals surface area contributed by atoms with Crippen molar-refractivity contribution in [3.8, 4) is 5.75 Å². The summed E-state index contributed by atoms with van der Waals surface area (Å²) in [5.41, 5.74) is 8.12. The summed E-state index contributed by atoms with van der Waals surface area (Å²) in [4.78, 5) is 4.58. The third-order valence-electron chi connectivity index (χ3n) is 3.16. The second-order valence-corrected chi connectivity index (χ2v) is 5.24. The zero-order valence-electron chi connectivity index (χ0n) is 11.8. The first kappa shape index (κ1) is 14.3. The van der Waals surface area contributed by atoms with Gasteiger partial charge in [0.05, 0.1) is 11.2 Å². The number of hydrogen-bond donors (Lipinski definition) is 2. The van der Waals surface area contributed by atoms with Crippen LogP contribution in [0, 0.1) is 0 Å². The zero-order valence-corrected chi connectivity index (χ0v) is 12.6. The molecule has 0 spiro atoms. The lowest BCUT2D eigenvalue weighted by molar-refractivity contribution is 0.302. The molecule has 22 heavy (non-hydrogen) atoms.